The van der Waals surface area contributed by atoms with Crippen molar-refractivity contribution in [2.75, 3.05) is 5.73 Å². The number of benzene rings is 1. The molecule has 1 rings (SSSR count). The average molecular weight is 177 g/mol. The molecule has 0 aliphatic carbocycles. The standard InChI is InChI=1S/C11H15NO/c1-8-4-5-9(10(12)6-8)11(2,3)7-13/h4-7H,12H2,1-3H3. The van der Waals surface area contributed by atoms with Gasteiger partial charge < -0.3 is 10.5 Å². The van der Waals surface area contributed by atoms with Gasteiger partial charge in [0.1, 0.15) is 6.29 Å². The molecule has 0 spiro atoms. The Morgan fingerprint density at radius 1 is 1.38 bits per heavy atom. The number of nitrogens with two attached hydrogens (primary N) is 1. The number of anilines is 1. The molecule has 1 aromatic carbocycles. The van der Waals surface area contributed by atoms with E-state index < -0.39 is 5.41 Å². The molecule has 0 amide bonds. The van der Waals surface area contributed by atoms with Gasteiger partial charge in [0.2, 0.25) is 0 Å². The molecule has 0 radical (unpaired) electrons. The Balaban J connectivity index is 3.23. The molecule has 0 aliphatic heterocycles. The van der Waals surface area contributed by atoms with Crippen molar-refractivity contribution in [3.63, 3.8) is 0 Å². The maximum absolute atomic E-state index is 10.8. The highest BCUT2D eigenvalue weighted by molar-refractivity contribution is 5.72. The van der Waals surface area contributed by atoms with E-state index in [0.29, 0.717) is 5.69 Å². The minimum Gasteiger partial charge on any atom is -0.398 e. The van der Waals surface area contributed by atoms with Crippen molar-refractivity contribution in [3.8, 4) is 0 Å². The molecule has 2 nitrogen and oxygen atoms in total. The zero-order chi connectivity index (χ0) is 10.1. The number of hydrogen-bond donors (Lipinski definition) is 1. The molecule has 70 valence electrons. The van der Waals surface area contributed by atoms with E-state index in [1.165, 1.54) is 0 Å². The number of hydrogen-bond acceptors (Lipinski definition) is 2. The Labute approximate surface area is 78.8 Å². The molecule has 2 heteroatoms. The number of aldehydes is 1. The fourth-order valence-corrected chi connectivity index (χ4v) is 1.33. The molecule has 0 unspecified atom stereocenters. The van der Waals surface area contributed by atoms with Crippen LogP contribution in [0.25, 0.3) is 0 Å². The first-order valence-electron chi connectivity index (χ1n) is 4.30. The third-order valence-corrected chi connectivity index (χ3v) is 2.20. The normalized spacial score (nSPS) is 11.3. The second-order valence-electron chi connectivity index (χ2n) is 3.93. The minimum atomic E-state index is -0.488. The van der Waals surface area contributed by atoms with Gasteiger partial charge in [-0.2, -0.15) is 0 Å². The van der Waals surface area contributed by atoms with E-state index in [0.717, 1.165) is 17.4 Å². The van der Waals surface area contributed by atoms with Crippen molar-refractivity contribution in [1.29, 1.82) is 0 Å². The fourth-order valence-electron chi connectivity index (χ4n) is 1.33. The van der Waals surface area contributed by atoms with E-state index in [1.54, 1.807) is 0 Å². The van der Waals surface area contributed by atoms with Crippen LogP contribution < -0.4 is 5.73 Å². The Morgan fingerprint density at radius 3 is 2.46 bits per heavy atom. The Hall–Kier alpha value is -1.31. The van der Waals surface area contributed by atoms with E-state index in [-0.39, 0.29) is 0 Å². The lowest BCUT2D eigenvalue weighted by Gasteiger charge is -2.19. The van der Waals surface area contributed by atoms with Crippen molar-refractivity contribution in [2.24, 2.45) is 0 Å². The summed E-state index contributed by atoms with van der Waals surface area (Å²) in [4.78, 5) is 10.8. The van der Waals surface area contributed by atoms with Crippen LogP contribution in [-0.4, -0.2) is 6.29 Å². The molecule has 2 N–H and O–H groups in total. The zero-order valence-corrected chi connectivity index (χ0v) is 8.29. The third-order valence-electron chi connectivity index (χ3n) is 2.20. The van der Waals surface area contributed by atoms with Crippen LogP contribution in [0.5, 0.6) is 0 Å². The van der Waals surface area contributed by atoms with Gasteiger partial charge in [-0.15, -0.1) is 0 Å². The van der Waals surface area contributed by atoms with Crippen molar-refractivity contribution < 1.29 is 4.79 Å². The van der Waals surface area contributed by atoms with Crippen LogP contribution in [0.15, 0.2) is 18.2 Å². The fraction of sp³-hybridized carbons (Fsp3) is 0.364. The highest BCUT2D eigenvalue weighted by Gasteiger charge is 2.21. The maximum atomic E-state index is 10.8. The topological polar surface area (TPSA) is 43.1 Å². The van der Waals surface area contributed by atoms with Gasteiger partial charge >= 0.3 is 0 Å². The van der Waals surface area contributed by atoms with Crippen LogP contribution in [-0.2, 0) is 10.2 Å². The average Bonchev–Trinajstić information content (AvgIpc) is 2.03. The van der Waals surface area contributed by atoms with E-state index in [4.69, 9.17) is 5.73 Å². The summed E-state index contributed by atoms with van der Waals surface area (Å²) in [6, 6.07) is 5.77. The molecular formula is C11H15NO. The molecule has 0 atom stereocenters. The SMILES string of the molecule is Cc1ccc(C(C)(C)C=O)c(N)c1. The van der Waals surface area contributed by atoms with Gasteiger partial charge in [0.25, 0.3) is 0 Å². The lowest BCUT2D eigenvalue weighted by atomic mass is 9.85. The van der Waals surface area contributed by atoms with Crippen LogP contribution in [0.3, 0.4) is 0 Å². The first kappa shape index (κ1) is 9.78. The molecule has 0 heterocycles. The van der Waals surface area contributed by atoms with E-state index in [9.17, 15) is 4.79 Å². The van der Waals surface area contributed by atoms with Crippen LogP contribution in [0.2, 0.25) is 0 Å². The monoisotopic (exact) mass is 177 g/mol. The van der Waals surface area contributed by atoms with E-state index in [1.807, 2.05) is 39.0 Å². The lowest BCUT2D eigenvalue weighted by Crippen LogP contribution is -2.20. The van der Waals surface area contributed by atoms with Crippen LogP contribution in [0.4, 0.5) is 5.69 Å². The largest absolute Gasteiger partial charge is 0.398 e. The first-order chi connectivity index (χ1) is 5.97. The van der Waals surface area contributed by atoms with Crippen molar-refractivity contribution in [2.45, 2.75) is 26.2 Å². The number of carbonyl (C=O) groups excluding carboxylic acids is 1. The summed E-state index contributed by atoms with van der Waals surface area (Å²) in [6.07, 6.45) is 0.925. The number of nitrogen functional groups attached to an aromatic ring is 1. The smallest absolute Gasteiger partial charge is 0.130 e. The lowest BCUT2D eigenvalue weighted by molar-refractivity contribution is -0.111. The summed E-state index contributed by atoms with van der Waals surface area (Å²) < 4.78 is 0. The van der Waals surface area contributed by atoms with Crippen LogP contribution in [0.1, 0.15) is 25.0 Å². The summed E-state index contributed by atoms with van der Waals surface area (Å²) in [7, 11) is 0. The molecule has 0 aliphatic rings. The molecule has 0 aromatic heterocycles. The van der Waals surface area contributed by atoms with Gasteiger partial charge in [-0.05, 0) is 38.0 Å². The van der Waals surface area contributed by atoms with Crippen LogP contribution in [0, 0.1) is 6.92 Å². The molecule has 1 aromatic rings. The van der Waals surface area contributed by atoms with Gasteiger partial charge in [0, 0.05) is 11.1 Å². The second kappa shape index (κ2) is 3.21. The summed E-state index contributed by atoms with van der Waals surface area (Å²) in [5.41, 5.74) is 8.04. The second-order valence-corrected chi connectivity index (χ2v) is 3.93. The Morgan fingerprint density at radius 2 is 2.00 bits per heavy atom. The molecular weight excluding hydrogens is 162 g/mol. The molecule has 0 saturated heterocycles. The highest BCUT2D eigenvalue weighted by Crippen LogP contribution is 2.26. The number of aryl methyl sites for hydroxylation is 1. The highest BCUT2D eigenvalue weighted by atomic mass is 16.1. The molecule has 0 saturated carbocycles. The molecule has 13 heavy (non-hydrogen) atoms. The summed E-state index contributed by atoms with van der Waals surface area (Å²) in [5, 5.41) is 0. The van der Waals surface area contributed by atoms with Crippen molar-refractivity contribution in [3.05, 3.63) is 29.3 Å². The van der Waals surface area contributed by atoms with Crippen molar-refractivity contribution in [1.82, 2.24) is 0 Å². The van der Waals surface area contributed by atoms with Crippen molar-refractivity contribution >= 4 is 12.0 Å². The van der Waals surface area contributed by atoms with Crippen LogP contribution >= 0.6 is 0 Å². The summed E-state index contributed by atoms with van der Waals surface area (Å²) >= 11 is 0. The van der Waals surface area contributed by atoms with E-state index >= 15 is 0 Å². The number of rotatable bonds is 2. The predicted molar refractivity (Wildman–Crippen MR) is 54.7 cm³/mol. The Kier molecular flexibility index (Phi) is 2.41. The molecule has 0 bridgehead atoms. The zero-order valence-electron chi connectivity index (χ0n) is 8.29. The van der Waals surface area contributed by atoms with Gasteiger partial charge in [0.15, 0.2) is 0 Å². The number of carbonyl (C=O) groups is 1. The van der Waals surface area contributed by atoms with Gasteiger partial charge in [-0.3, -0.25) is 0 Å². The first-order valence-corrected chi connectivity index (χ1v) is 4.30. The van der Waals surface area contributed by atoms with Gasteiger partial charge in [-0.25, -0.2) is 0 Å². The minimum absolute atomic E-state index is 0.488. The third kappa shape index (κ3) is 1.89. The maximum Gasteiger partial charge on any atom is 0.130 e. The quantitative estimate of drug-likeness (QED) is 0.555. The molecule has 0 fully saturated rings. The summed E-state index contributed by atoms with van der Waals surface area (Å²) in [6.45, 7) is 5.70. The Bertz CT molecular complexity index is 329. The predicted octanol–water partition coefficient (Wildman–Crippen LogP) is 2.05. The van der Waals surface area contributed by atoms with E-state index in [2.05, 4.69) is 0 Å². The van der Waals surface area contributed by atoms with Gasteiger partial charge in [0.05, 0.1) is 0 Å². The summed E-state index contributed by atoms with van der Waals surface area (Å²) in [5.74, 6) is 0. The van der Waals surface area contributed by atoms with Gasteiger partial charge in [-0.1, -0.05) is 12.1 Å².